The first-order chi connectivity index (χ1) is 8.12. The van der Waals surface area contributed by atoms with E-state index in [4.69, 9.17) is 0 Å². The monoisotopic (exact) mass is 251 g/mol. The van der Waals surface area contributed by atoms with Gasteiger partial charge in [-0.05, 0) is 17.4 Å². The highest BCUT2D eigenvalue weighted by Crippen LogP contribution is 2.33. The van der Waals surface area contributed by atoms with E-state index in [0.717, 1.165) is 19.6 Å². The summed E-state index contributed by atoms with van der Waals surface area (Å²) in [4.78, 5) is 2.39. The smallest absolute Gasteiger partial charge is 0.150 e. The van der Waals surface area contributed by atoms with E-state index in [2.05, 4.69) is 29.2 Å². The summed E-state index contributed by atoms with van der Waals surface area (Å²) in [6.07, 6.45) is 0. The van der Waals surface area contributed by atoms with Gasteiger partial charge < -0.3 is 0 Å². The third-order valence-corrected chi connectivity index (χ3v) is 5.71. The molecule has 2 aliphatic rings. The molecule has 0 radical (unpaired) electrons. The Balaban J connectivity index is 1.64. The summed E-state index contributed by atoms with van der Waals surface area (Å²) >= 11 is 0. The predicted octanol–water partition coefficient (Wildman–Crippen LogP) is 1.16. The molecule has 1 aromatic rings. The summed E-state index contributed by atoms with van der Waals surface area (Å²) < 4.78 is 23.0. The Morgan fingerprint density at radius 2 is 1.65 bits per heavy atom. The highest BCUT2D eigenvalue weighted by molar-refractivity contribution is 7.91. The van der Waals surface area contributed by atoms with Crippen molar-refractivity contribution in [1.29, 1.82) is 0 Å². The first kappa shape index (κ1) is 11.2. The zero-order chi connectivity index (χ0) is 11.9. The molecule has 0 amide bonds. The first-order valence-corrected chi connectivity index (χ1v) is 7.91. The highest BCUT2D eigenvalue weighted by atomic mass is 32.2. The SMILES string of the molecule is O=S1(=O)CC2CN(Cc3ccccc3)CC2C1. The van der Waals surface area contributed by atoms with E-state index in [1.54, 1.807) is 0 Å². The summed E-state index contributed by atoms with van der Waals surface area (Å²) in [7, 11) is -2.73. The van der Waals surface area contributed by atoms with E-state index in [1.165, 1.54) is 5.56 Å². The van der Waals surface area contributed by atoms with Gasteiger partial charge in [-0.3, -0.25) is 4.90 Å². The zero-order valence-corrected chi connectivity index (χ0v) is 10.6. The number of likely N-dealkylation sites (tertiary alicyclic amines) is 1. The Morgan fingerprint density at radius 3 is 2.24 bits per heavy atom. The van der Waals surface area contributed by atoms with Gasteiger partial charge in [0.1, 0.15) is 0 Å². The lowest BCUT2D eigenvalue weighted by atomic mass is 10.0. The van der Waals surface area contributed by atoms with Gasteiger partial charge in [0, 0.05) is 19.6 Å². The molecular formula is C13H17NO2S. The fourth-order valence-electron chi connectivity index (χ4n) is 3.10. The van der Waals surface area contributed by atoms with Crippen molar-refractivity contribution in [2.24, 2.45) is 11.8 Å². The van der Waals surface area contributed by atoms with Crippen LogP contribution in [0.1, 0.15) is 5.56 Å². The molecule has 0 N–H and O–H groups in total. The van der Waals surface area contributed by atoms with Gasteiger partial charge in [-0.1, -0.05) is 30.3 Å². The van der Waals surface area contributed by atoms with Gasteiger partial charge in [0.2, 0.25) is 0 Å². The third-order valence-electron chi connectivity index (χ3n) is 3.84. The molecule has 17 heavy (non-hydrogen) atoms. The lowest BCUT2D eigenvalue weighted by Crippen LogP contribution is -2.23. The van der Waals surface area contributed by atoms with Crippen LogP contribution >= 0.6 is 0 Å². The lowest BCUT2D eigenvalue weighted by Gasteiger charge is -2.16. The van der Waals surface area contributed by atoms with Crippen molar-refractivity contribution < 1.29 is 8.42 Å². The molecule has 3 nitrogen and oxygen atoms in total. The van der Waals surface area contributed by atoms with Crippen LogP contribution in [0.2, 0.25) is 0 Å². The molecule has 0 bridgehead atoms. The molecule has 0 aliphatic carbocycles. The number of benzene rings is 1. The fourth-order valence-corrected chi connectivity index (χ4v) is 5.30. The van der Waals surface area contributed by atoms with Crippen LogP contribution in [0, 0.1) is 11.8 Å². The van der Waals surface area contributed by atoms with Crippen LogP contribution in [0.4, 0.5) is 0 Å². The van der Waals surface area contributed by atoms with Crippen molar-refractivity contribution in [2.75, 3.05) is 24.6 Å². The normalized spacial score (nSPS) is 31.5. The number of fused-ring (bicyclic) bond motifs is 1. The summed E-state index contributed by atoms with van der Waals surface area (Å²) in [6.45, 7) is 2.84. The molecule has 0 aromatic heterocycles. The minimum Gasteiger partial charge on any atom is -0.298 e. The molecule has 2 atom stereocenters. The van der Waals surface area contributed by atoms with Gasteiger partial charge in [-0.2, -0.15) is 0 Å². The van der Waals surface area contributed by atoms with Gasteiger partial charge >= 0.3 is 0 Å². The number of hydrogen-bond acceptors (Lipinski definition) is 3. The Morgan fingerprint density at radius 1 is 1.06 bits per heavy atom. The van der Waals surface area contributed by atoms with Crippen LogP contribution in [0.5, 0.6) is 0 Å². The molecule has 2 unspecified atom stereocenters. The molecule has 2 heterocycles. The molecule has 2 aliphatic heterocycles. The average molecular weight is 251 g/mol. The molecule has 2 saturated heterocycles. The molecule has 0 spiro atoms. The number of rotatable bonds is 2. The zero-order valence-electron chi connectivity index (χ0n) is 9.75. The minimum absolute atomic E-state index is 0.378. The molecule has 4 heteroatoms. The van der Waals surface area contributed by atoms with Gasteiger partial charge in [0.15, 0.2) is 9.84 Å². The third kappa shape index (κ3) is 2.38. The quantitative estimate of drug-likeness (QED) is 0.791. The Labute approximate surface area is 102 Å². The molecular weight excluding hydrogens is 234 g/mol. The number of sulfone groups is 1. The molecule has 0 saturated carbocycles. The van der Waals surface area contributed by atoms with Crippen LogP contribution in [0.15, 0.2) is 30.3 Å². The van der Waals surface area contributed by atoms with E-state index in [1.807, 2.05) is 6.07 Å². The Hall–Kier alpha value is -0.870. The molecule has 2 fully saturated rings. The first-order valence-electron chi connectivity index (χ1n) is 6.09. The van der Waals surface area contributed by atoms with E-state index < -0.39 is 9.84 Å². The maximum atomic E-state index is 11.5. The van der Waals surface area contributed by atoms with Gasteiger partial charge in [-0.25, -0.2) is 8.42 Å². The van der Waals surface area contributed by atoms with Crippen molar-refractivity contribution in [3.63, 3.8) is 0 Å². The van der Waals surface area contributed by atoms with E-state index in [0.29, 0.717) is 23.3 Å². The highest BCUT2D eigenvalue weighted by Gasteiger charge is 2.43. The Bertz CT molecular complexity index is 477. The van der Waals surface area contributed by atoms with Crippen LogP contribution in [0.3, 0.4) is 0 Å². The van der Waals surface area contributed by atoms with Crippen molar-refractivity contribution >= 4 is 9.84 Å². The molecule has 92 valence electrons. The largest absolute Gasteiger partial charge is 0.298 e. The second-order valence-corrected chi connectivity index (χ2v) is 7.43. The van der Waals surface area contributed by atoms with Crippen molar-refractivity contribution in [1.82, 2.24) is 4.90 Å². The minimum atomic E-state index is -2.73. The topological polar surface area (TPSA) is 37.4 Å². The summed E-state index contributed by atoms with van der Waals surface area (Å²) in [5, 5.41) is 0. The Kier molecular flexibility index (Phi) is 2.71. The van der Waals surface area contributed by atoms with Crippen LogP contribution < -0.4 is 0 Å². The fraction of sp³-hybridized carbons (Fsp3) is 0.538. The van der Waals surface area contributed by atoms with Gasteiger partial charge in [0.05, 0.1) is 11.5 Å². The standard InChI is InChI=1S/C13H17NO2S/c15-17(16)9-12-7-14(8-13(12)10-17)6-11-4-2-1-3-5-11/h1-5,12-13H,6-10H2. The molecule has 3 rings (SSSR count). The molecule has 1 aromatic carbocycles. The summed E-state index contributed by atoms with van der Waals surface area (Å²) in [6, 6.07) is 10.4. The van der Waals surface area contributed by atoms with Gasteiger partial charge in [-0.15, -0.1) is 0 Å². The maximum Gasteiger partial charge on any atom is 0.150 e. The summed E-state index contributed by atoms with van der Waals surface area (Å²) in [5.41, 5.74) is 1.32. The predicted molar refractivity (Wildman–Crippen MR) is 67.4 cm³/mol. The van der Waals surface area contributed by atoms with E-state index in [9.17, 15) is 8.42 Å². The number of hydrogen-bond donors (Lipinski definition) is 0. The van der Waals surface area contributed by atoms with E-state index in [-0.39, 0.29) is 0 Å². The number of nitrogens with zero attached hydrogens (tertiary/aromatic N) is 1. The second-order valence-electron chi connectivity index (χ2n) is 5.28. The van der Waals surface area contributed by atoms with Crippen LogP contribution in [0.25, 0.3) is 0 Å². The second kappa shape index (κ2) is 4.10. The van der Waals surface area contributed by atoms with Crippen molar-refractivity contribution in [2.45, 2.75) is 6.54 Å². The van der Waals surface area contributed by atoms with Crippen molar-refractivity contribution in [3.8, 4) is 0 Å². The average Bonchev–Trinajstić information content (AvgIpc) is 2.72. The lowest BCUT2D eigenvalue weighted by molar-refractivity contribution is 0.315. The van der Waals surface area contributed by atoms with Gasteiger partial charge in [0.25, 0.3) is 0 Å². The maximum absolute atomic E-state index is 11.5. The van der Waals surface area contributed by atoms with E-state index >= 15 is 0 Å². The summed E-state index contributed by atoms with van der Waals surface area (Å²) in [5.74, 6) is 1.57. The van der Waals surface area contributed by atoms with Crippen molar-refractivity contribution in [3.05, 3.63) is 35.9 Å². The van der Waals surface area contributed by atoms with Crippen LogP contribution in [-0.4, -0.2) is 37.9 Å². The van der Waals surface area contributed by atoms with Crippen LogP contribution in [-0.2, 0) is 16.4 Å².